The number of fused-ring (bicyclic) bond motifs is 1. The van der Waals surface area contributed by atoms with Gasteiger partial charge in [0.05, 0.1) is 38.3 Å². The van der Waals surface area contributed by atoms with E-state index in [4.69, 9.17) is 14.2 Å². The Morgan fingerprint density at radius 1 is 0.691 bits per heavy atom. The van der Waals surface area contributed by atoms with E-state index in [0.29, 0.717) is 33.9 Å². The molecule has 0 fully saturated rings. The summed E-state index contributed by atoms with van der Waals surface area (Å²) in [6.45, 7) is 0.0341. The number of ether oxygens (including phenoxy) is 3. The van der Waals surface area contributed by atoms with E-state index in [9.17, 15) is 5.11 Å². The van der Waals surface area contributed by atoms with Gasteiger partial charge in [0.25, 0.3) is 0 Å². The van der Waals surface area contributed by atoms with Crippen LogP contribution in [0.5, 0.6) is 17.2 Å². The summed E-state index contributed by atoms with van der Waals surface area (Å²) in [5, 5.41) is 24.2. The molecule has 55 heavy (non-hydrogen) atoms. The van der Waals surface area contributed by atoms with E-state index >= 15 is 8.42 Å². The van der Waals surface area contributed by atoms with Gasteiger partial charge >= 0.3 is 0 Å². The molecule has 7 aromatic rings. The highest BCUT2D eigenvalue weighted by Crippen LogP contribution is 2.42. The van der Waals surface area contributed by atoms with Gasteiger partial charge in [0, 0.05) is 36.8 Å². The Kier molecular flexibility index (Phi) is 11.1. The zero-order valence-electron chi connectivity index (χ0n) is 30.7. The van der Waals surface area contributed by atoms with Crippen molar-refractivity contribution < 1.29 is 27.7 Å². The monoisotopic (exact) mass is 756 g/mol. The van der Waals surface area contributed by atoms with Gasteiger partial charge in [-0.15, -0.1) is 5.10 Å². The molecule has 0 spiro atoms. The smallest absolute Gasteiger partial charge is 0.244 e. The van der Waals surface area contributed by atoms with E-state index in [2.05, 4.69) is 20.5 Å². The van der Waals surface area contributed by atoms with Gasteiger partial charge < -0.3 is 19.3 Å². The molecule has 2 heterocycles. The predicted molar refractivity (Wildman–Crippen MR) is 209 cm³/mol. The summed E-state index contributed by atoms with van der Waals surface area (Å²) in [6.07, 6.45) is 1.79. The minimum atomic E-state index is -4.40. The number of aromatic nitrogens is 5. The van der Waals surface area contributed by atoms with E-state index in [0.717, 1.165) is 33.2 Å². The summed E-state index contributed by atoms with van der Waals surface area (Å²) in [4.78, 5) is 4.59. The molecule has 0 amide bonds. The number of sulfonamides is 1. The predicted octanol–water partition coefficient (Wildman–Crippen LogP) is 6.56. The van der Waals surface area contributed by atoms with Crippen LogP contribution in [0.25, 0.3) is 33.4 Å². The Balaban J connectivity index is 1.48. The van der Waals surface area contributed by atoms with Crippen LogP contribution < -0.4 is 14.2 Å². The van der Waals surface area contributed by atoms with Crippen LogP contribution in [0.2, 0.25) is 0 Å². The highest BCUT2D eigenvalue weighted by atomic mass is 32.2. The molecular weight excluding hydrogens is 717 g/mol. The first-order valence-electron chi connectivity index (χ1n) is 17.6. The molecule has 7 rings (SSSR count). The molecule has 280 valence electrons. The zero-order valence-corrected chi connectivity index (χ0v) is 31.5. The van der Waals surface area contributed by atoms with Crippen molar-refractivity contribution in [3.05, 3.63) is 144 Å². The molecule has 0 atom stereocenters. The molecule has 0 saturated heterocycles. The van der Waals surface area contributed by atoms with Crippen molar-refractivity contribution in [3.63, 3.8) is 0 Å². The van der Waals surface area contributed by atoms with Crippen LogP contribution in [0.3, 0.4) is 0 Å². The summed E-state index contributed by atoms with van der Waals surface area (Å²) >= 11 is 0. The number of hydrogen-bond donors (Lipinski definition) is 1. The van der Waals surface area contributed by atoms with Gasteiger partial charge in [-0.3, -0.25) is 4.98 Å². The lowest BCUT2D eigenvalue weighted by atomic mass is 9.93. The van der Waals surface area contributed by atoms with Crippen LogP contribution in [0.4, 0.5) is 0 Å². The largest absolute Gasteiger partial charge is 0.497 e. The van der Waals surface area contributed by atoms with Crippen LogP contribution in [-0.2, 0) is 36.1 Å². The fraction of sp³-hybridized carbons (Fsp3) is 0.190. The minimum Gasteiger partial charge on any atom is -0.497 e. The van der Waals surface area contributed by atoms with E-state index < -0.39 is 10.0 Å². The highest BCUT2D eigenvalue weighted by Gasteiger charge is 2.34. The van der Waals surface area contributed by atoms with E-state index in [1.54, 1.807) is 62.5 Å². The third kappa shape index (κ3) is 7.90. The molecule has 0 bridgehead atoms. The maximum Gasteiger partial charge on any atom is 0.244 e. The lowest BCUT2D eigenvalue weighted by Crippen LogP contribution is -2.32. The average molecular weight is 757 g/mol. The Morgan fingerprint density at radius 3 is 1.87 bits per heavy atom. The van der Waals surface area contributed by atoms with E-state index in [-0.39, 0.29) is 43.4 Å². The van der Waals surface area contributed by atoms with Crippen LogP contribution in [-0.4, -0.2) is 71.0 Å². The second-order valence-electron chi connectivity index (χ2n) is 12.8. The lowest BCUT2D eigenvalue weighted by Gasteiger charge is -2.27. The molecule has 0 radical (unpaired) electrons. The summed E-state index contributed by atoms with van der Waals surface area (Å²) in [7, 11) is 0.370. The van der Waals surface area contributed by atoms with Gasteiger partial charge in [-0.2, -0.15) is 4.31 Å². The lowest BCUT2D eigenvalue weighted by molar-refractivity contribution is 0.298. The number of nitrogens with zero attached hydrogens (tertiary/aromatic N) is 6. The number of aliphatic hydroxyl groups is 1. The summed E-state index contributed by atoms with van der Waals surface area (Å²) in [5.74, 6) is 2.26. The Labute approximate surface area is 319 Å². The van der Waals surface area contributed by atoms with Gasteiger partial charge in [0.2, 0.25) is 10.0 Å². The number of pyridine rings is 1. The fourth-order valence-corrected chi connectivity index (χ4v) is 8.50. The standard InChI is InChI=1S/C42H40N6O6S/c1-52-33-16-9-29(10-17-33)26-47(27-30-11-18-34(53-2)19-12-30)55(50,51)41-32(23-25-49)15-22-38(36-6-4-8-39-37(36)7-5-24-43-39)40(41)42-44-45-46-48(42)28-31-13-20-35(54-3)21-14-31/h4-22,24,49H,23,25-28H2,1-3H3. The van der Waals surface area contributed by atoms with Gasteiger partial charge in [-0.1, -0.05) is 66.7 Å². The summed E-state index contributed by atoms with van der Waals surface area (Å²) < 4.78 is 50.5. The normalized spacial score (nSPS) is 11.6. The number of methoxy groups -OCH3 is 3. The van der Waals surface area contributed by atoms with Gasteiger partial charge in [0.1, 0.15) is 17.2 Å². The molecule has 5 aromatic carbocycles. The third-order valence-electron chi connectivity index (χ3n) is 9.44. The number of aliphatic hydroxyl groups excluding tert-OH is 1. The second-order valence-corrected chi connectivity index (χ2v) is 14.7. The Bertz CT molecular complexity index is 2450. The van der Waals surface area contributed by atoms with Crippen molar-refractivity contribution in [2.24, 2.45) is 0 Å². The Hall–Kier alpha value is -6.15. The number of hydrogen-bond acceptors (Lipinski definition) is 10. The minimum absolute atomic E-state index is 0.00717. The van der Waals surface area contributed by atoms with Gasteiger partial charge in [0.15, 0.2) is 5.82 Å². The van der Waals surface area contributed by atoms with E-state index in [1.165, 1.54) is 4.31 Å². The summed E-state index contributed by atoms with van der Waals surface area (Å²) in [6, 6.07) is 35.3. The average Bonchev–Trinajstić information content (AvgIpc) is 3.68. The number of rotatable bonds is 15. The summed E-state index contributed by atoms with van der Waals surface area (Å²) in [5.41, 5.74) is 5.22. The van der Waals surface area contributed by atoms with Crippen LogP contribution in [0, 0.1) is 0 Å². The molecular formula is C42H40N6O6S. The van der Waals surface area contributed by atoms with Crippen molar-refractivity contribution in [2.45, 2.75) is 31.0 Å². The third-order valence-corrected chi connectivity index (χ3v) is 11.4. The molecule has 13 heteroatoms. The number of tetrazole rings is 1. The van der Waals surface area contributed by atoms with Crippen LogP contribution in [0.1, 0.15) is 22.3 Å². The molecule has 0 unspecified atom stereocenters. The SMILES string of the molecule is COc1ccc(CN(Cc2ccc(OC)cc2)S(=O)(=O)c2c(CCO)ccc(-c3cccc4ncccc34)c2-c2nnnn2Cc2ccc(OC)cc2)cc1. The van der Waals surface area contributed by atoms with E-state index in [1.807, 2.05) is 84.9 Å². The zero-order chi connectivity index (χ0) is 38.4. The molecule has 12 nitrogen and oxygen atoms in total. The first kappa shape index (κ1) is 37.2. The van der Waals surface area contributed by atoms with Crippen LogP contribution in [0.15, 0.2) is 126 Å². The maximum atomic E-state index is 15.7. The second kappa shape index (κ2) is 16.5. The quantitative estimate of drug-likeness (QED) is 0.122. The molecule has 0 aliphatic heterocycles. The maximum absolute atomic E-state index is 15.7. The number of benzene rings is 5. The van der Waals surface area contributed by atoms with Gasteiger partial charge in [-0.05, 0) is 98.8 Å². The molecule has 0 saturated carbocycles. The highest BCUT2D eigenvalue weighted by molar-refractivity contribution is 7.89. The first-order valence-corrected chi connectivity index (χ1v) is 19.0. The molecule has 0 aliphatic carbocycles. The van der Waals surface area contributed by atoms with Crippen LogP contribution >= 0.6 is 0 Å². The first-order chi connectivity index (χ1) is 26.8. The van der Waals surface area contributed by atoms with Crippen molar-refractivity contribution in [2.75, 3.05) is 27.9 Å². The molecule has 0 aliphatic rings. The molecule has 1 N–H and O–H groups in total. The van der Waals surface area contributed by atoms with Gasteiger partial charge in [-0.25, -0.2) is 13.1 Å². The fourth-order valence-electron chi connectivity index (χ4n) is 6.64. The van der Waals surface area contributed by atoms with Crippen molar-refractivity contribution in [3.8, 4) is 39.8 Å². The van der Waals surface area contributed by atoms with Crippen molar-refractivity contribution in [1.82, 2.24) is 29.5 Å². The Morgan fingerprint density at radius 2 is 1.29 bits per heavy atom. The molecule has 2 aromatic heterocycles. The van der Waals surface area contributed by atoms with Crippen molar-refractivity contribution >= 4 is 20.9 Å². The van der Waals surface area contributed by atoms with Crippen molar-refractivity contribution in [1.29, 1.82) is 0 Å². The topological polar surface area (TPSA) is 142 Å².